The molecule has 1 saturated heterocycles. The van der Waals surface area contributed by atoms with Crippen LogP contribution in [0.2, 0.25) is 0 Å². The van der Waals surface area contributed by atoms with E-state index in [-0.39, 0.29) is 12.0 Å². The summed E-state index contributed by atoms with van der Waals surface area (Å²) >= 11 is 0. The van der Waals surface area contributed by atoms with Crippen LogP contribution >= 0.6 is 0 Å². The summed E-state index contributed by atoms with van der Waals surface area (Å²) in [7, 11) is 0. The van der Waals surface area contributed by atoms with Crippen LogP contribution in [0, 0.1) is 5.41 Å². The Labute approximate surface area is 164 Å². The van der Waals surface area contributed by atoms with E-state index in [4.69, 9.17) is 20.4 Å². The number of unbranched alkanes of at least 4 members (excludes halogenated alkanes) is 1. The summed E-state index contributed by atoms with van der Waals surface area (Å²) in [5, 5.41) is 14.1. The van der Waals surface area contributed by atoms with Gasteiger partial charge in [0.1, 0.15) is 11.8 Å². The van der Waals surface area contributed by atoms with Gasteiger partial charge in [0.05, 0.1) is 6.61 Å². The van der Waals surface area contributed by atoms with Crippen molar-refractivity contribution in [1.82, 2.24) is 15.0 Å². The van der Waals surface area contributed by atoms with E-state index >= 15 is 0 Å². The van der Waals surface area contributed by atoms with E-state index in [0.717, 1.165) is 60.9 Å². The first-order valence-electron chi connectivity index (χ1n) is 9.77. The number of hydrogen-bond donors (Lipinski definition) is 2. The number of aromatic nitrogens is 2. The average molecular weight is 379 g/mol. The quantitative estimate of drug-likeness (QED) is 0.380. The summed E-state index contributed by atoms with van der Waals surface area (Å²) in [5.74, 6) is 2.00. The molecule has 28 heavy (non-hydrogen) atoms. The van der Waals surface area contributed by atoms with Crippen molar-refractivity contribution in [3.63, 3.8) is 0 Å². The maximum Gasteiger partial charge on any atom is 0.249 e. The average Bonchev–Trinajstić information content (AvgIpc) is 3.37. The van der Waals surface area contributed by atoms with Gasteiger partial charge in [0, 0.05) is 12.1 Å². The highest BCUT2D eigenvalue weighted by atomic mass is 16.5. The van der Waals surface area contributed by atoms with Crippen LogP contribution in [-0.4, -0.2) is 34.2 Å². The molecule has 7 heteroatoms. The van der Waals surface area contributed by atoms with Crippen LogP contribution in [0.1, 0.15) is 44.5 Å². The highest BCUT2D eigenvalue weighted by Crippen LogP contribution is 2.32. The molecular weight excluding hydrogens is 354 g/mol. The molecule has 2 heterocycles. The topological polar surface area (TPSA) is 101 Å². The van der Waals surface area contributed by atoms with Gasteiger partial charge in [-0.05, 0) is 48.2 Å². The number of rotatable bonds is 6. The molecule has 1 aromatic heterocycles. The normalized spacial score (nSPS) is 16.6. The molecule has 0 aliphatic carbocycles. The van der Waals surface area contributed by atoms with Crippen LogP contribution in [0.15, 0.2) is 40.9 Å². The van der Waals surface area contributed by atoms with E-state index in [9.17, 15) is 0 Å². The van der Waals surface area contributed by atoms with Gasteiger partial charge < -0.3 is 19.9 Å². The molecule has 3 N–H and O–H groups in total. The van der Waals surface area contributed by atoms with Crippen molar-refractivity contribution in [2.75, 3.05) is 13.2 Å². The highest BCUT2D eigenvalue weighted by Gasteiger charge is 2.31. The number of nitrogens with two attached hydrogens (primary N) is 1. The molecule has 146 valence electrons. The minimum absolute atomic E-state index is 0.0462. The van der Waals surface area contributed by atoms with Crippen molar-refractivity contribution in [3.8, 4) is 17.1 Å². The fourth-order valence-corrected chi connectivity index (χ4v) is 3.59. The van der Waals surface area contributed by atoms with Crippen LogP contribution in [0.3, 0.4) is 0 Å². The number of nitrogens with zero attached hydrogens (tertiary/aromatic N) is 3. The zero-order valence-electron chi connectivity index (χ0n) is 16.0. The number of fused-ring (bicyclic) bond motifs is 1. The molecule has 3 aromatic rings. The maximum absolute atomic E-state index is 7.71. The first-order chi connectivity index (χ1) is 13.7. The molecule has 7 nitrogen and oxygen atoms in total. The lowest BCUT2D eigenvalue weighted by Gasteiger charge is -2.21. The van der Waals surface area contributed by atoms with Gasteiger partial charge in [-0.15, -0.1) is 0 Å². The van der Waals surface area contributed by atoms with Crippen LogP contribution in [0.4, 0.5) is 0 Å². The number of nitrogens with one attached hydrogen (secondary N) is 1. The zero-order chi connectivity index (χ0) is 19.5. The summed E-state index contributed by atoms with van der Waals surface area (Å²) in [6.45, 7) is 3.64. The Bertz CT molecular complexity index is 984. The molecule has 4 rings (SSSR count). The van der Waals surface area contributed by atoms with E-state index in [1.165, 1.54) is 0 Å². The predicted molar refractivity (Wildman–Crippen MR) is 108 cm³/mol. The fraction of sp³-hybridized carbons (Fsp3) is 0.381. The van der Waals surface area contributed by atoms with E-state index < -0.39 is 0 Å². The summed E-state index contributed by atoms with van der Waals surface area (Å²) in [6.07, 6.45) is 3.99. The standard InChI is InChI=1S/C21H25N5O2/c1-2-3-11-27-17-9-8-14-12-16(7-6-15(14)13-17)19-24-20(28-25-19)18-5-4-10-26(18)21(22)23/h6-9,12-13,18H,2-5,10-11H2,1H3,(H3,22,23). The molecular formula is C21H25N5O2. The van der Waals surface area contributed by atoms with Crippen molar-refractivity contribution in [2.24, 2.45) is 5.73 Å². The molecule has 0 amide bonds. The lowest BCUT2D eigenvalue weighted by atomic mass is 10.1. The van der Waals surface area contributed by atoms with Gasteiger partial charge in [-0.2, -0.15) is 4.98 Å². The Morgan fingerprint density at radius 2 is 2.11 bits per heavy atom. The molecule has 0 spiro atoms. The summed E-state index contributed by atoms with van der Waals surface area (Å²) < 4.78 is 11.3. The fourth-order valence-electron chi connectivity index (χ4n) is 3.59. The lowest BCUT2D eigenvalue weighted by Crippen LogP contribution is -2.35. The molecule has 1 aliphatic heterocycles. The number of ether oxygens (including phenoxy) is 1. The Hall–Kier alpha value is -3.09. The second-order valence-electron chi connectivity index (χ2n) is 7.12. The molecule has 0 radical (unpaired) electrons. The van der Waals surface area contributed by atoms with Crippen molar-refractivity contribution in [1.29, 1.82) is 5.41 Å². The van der Waals surface area contributed by atoms with Gasteiger partial charge in [-0.1, -0.05) is 36.7 Å². The van der Waals surface area contributed by atoms with Crippen molar-refractivity contribution in [3.05, 3.63) is 42.3 Å². The third-order valence-electron chi connectivity index (χ3n) is 5.13. The van der Waals surface area contributed by atoms with Gasteiger partial charge in [0.15, 0.2) is 5.96 Å². The first-order valence-corrected chi connectivity index (χ1v) is 9.77. The lowest BCUT2D eigenvalue weighted by molar-refractivity contribution is 0.283. The molecule has 1 atom stereocenters. The van der Waals surface area contributed by atoms with Crippen LogP contribution < -0.4 is 10.5 Å². The Morgan fingerprint density at radius 3 is 2.93 bits per heavy atom. The SMILES string of the molecule is CCCCOc1ccc2cc(-c3noc(C4CCCN4C(=N)N)n3)ccc2c1. The van der Waals surface area contributed by atoms with E-state index in [1.807, 2.05) is 18.2 Å². The maximum atomic E-state index is 7.71. The van der Waals surface area contributed by atoms with Crippen LogP contribution in [0.5, 0.6) is 5.75 Å². The summed E-state index contributed by atoms with van der Waals surface area (Å²) in [4.78, 5) is 6.38. The number of benzene rings is 2. The van der Waals surface area contributed by atoms with Crippen molar-refractivity contribution < 1.29 is 9.26 Å². The third-order valence-corrected chi connectivity index (χ3v) is 5.13. The smallest absolute Gasteiger partial charge is 0.249 e. The van der Waals surface area contributed by atoms with Gasteiger partial charge in [-0.25, -0.2) is 0 Å². The number of hydrogen-bond acceptors (Lipinski definition) is 5. The Balaban J connectivity index is 1.55. The number of likely N-dealkylation sites (tertiary alicyclic amines) is 1. The summed E-state index contributed by atoms with van der Waals surface area (Å²) in [5.41, 5.74) is 6.56. The van der Waals surface area contributed by atoms with Crippen molar-refractivity contribution >= 4 is 16.7 Å². The minimum Gasteiger partial charge on any atom is -0.494 e. The molecule has 1 fully saturated rings. The van der Waals surface area contributed by atoms with E-state index in [2.05, 4.69) is 35.3 Å². The van der Waals surface area contributed by atoms with E-state index in [1.54, 1.807) is 4.90 Å². The second kappa shape index (κ2) is 7.88. The molecule has 1 unspecified atom stereocenters. The Morgan fingerprint density at radius 1 is 1.29 bits per heavy atom. The predicted octanol–water partition coefficient (Wildman–Crippen LogP) is 4.10. The van der Waals surface area contributed by atoms with Crippen LogP contribution in [-0.2, 0) is 0 Å². The second-order valence-corrected chi connectivity index (χ2v) is 7.12. The zero-order valence-corrected chi connectivity index (χ0v) is 16.0. The molecule has 0 bridgehead atoms. The molecule has 2 aromatic carbocycles. The van der Waals surface area contributed by atoms with Gasteiger partial charge in [0.25, 0.3) is 0 Å². The monoisotopic (exact) mass is 379 g/mol. The summed E-state index contributed by atoms with van der Waals surface area (Å²) in [6, 6.07) is 12.1. The Kier molecular flexibility index (Phi) is 5.14. The van der Waals surface area contributed by atoms with Gasteiger partial charge >= 0.3 is 0 Å². The third kappa shape index (κ3) is 3.65. The largest absolute Gasteiger partial charge is 0.494 e. The molecule has 0 saturated carbocycles. The van der Waals surface area contributed by atoms with Crippen molar-refractivity contribution in [2.45, 2.75) is 38.6 Å². The van der Waals surface area contributed by atoms with Gasteiger partial charge in [-0.3, -0.25) is 5.41 Å². The van der Waals surface area contributed by atoms with Crippen LogP contribution in [0.25, 0.3) is 22.2 Å². The van der Waals surface area contributed by atoms with Gasteiger partial charge in [0.2, 0.25) is 11.7 Å². The highest BCUT2D eigenvalue weighted by molar-refractivity contribution is 5.87. The minimum atomic E-state index is -0.109. The first kappa shape index (κ1) is 18.3. The number of guanidine groups is 1. The molecule has 1 aliphatic rings. The van der Waals surface area contributed by atoms with E-state index in [0.29, 0.717) is 11.7 Å².